The molecule has 0 spiro atoms. The van der Waals surface area contributed by atoms with Gasteiger partial charge in [0.25, 0.3) is 0 Å². The maximum atomic E-state index is 8.14. The molecule has 3 nitrogen and oxygen atoms in total. The van der Waals surface area contributed by atoms with E-state index in [1.807, 2.05) is 6.07 Å². The van der Waals surface area contributed by atoms with Crippen LogP contribution >= 0.6 is 12.6 Å². The van der Waals surface area contributed by atoms with Crippen LogP contribution in [0.5, 0.6) is 5.75 Å². The quantitative estimate of drug-likeness (QED) is 0.447. The summed E-state index contributed by atoms with van der Waals surface area (Å²) in [6.07, 6.45) is 0. The number of benzene rings is 1. The van der Waals surface area contributed by atoms with E-state index in [2.05, 4.69) is 17.5 Å². The Morgan fingerprint density at radius 3 is 2.70 bits per heavy atom. The van der Waals surface area contributed by atoms with Crippen molar-refractivity contribution in [3.05, 3.63) is 24.3 Å². The maximum absolute atomic E-state index is 8.14. The Hall–Kier alpha value is -0.710. The number of rotatable bonds is 2. The summed E-state index contributed by atoms with van der Waals surface area (Å²) in [6.45, 7) is 0. The van der Waals surface area contributed by atoms with Crippen LogP contribution in [0.3, 0.4) is 0 Å². The highest BCUT2D eigenvalue weighted by atomic mass is 32.1. The molecule has 0 bridgehead atoms. The lowest BCUT2D eigenvalue weighted by molar-refractivity contribution is -0.0454. The highest BCUT2D eigenvalue weighted by Gasteiger charge is 1.95. The SMILES string of the molecule is ONOc1ccccc1S. The van der Waals surface area contributed by atoms with Crippen molar-refractivity contribution in [1.29, 1.82) is 0 Å². The largest absolute Gasteiger partial charge is 0.382 e. The van der Waals surface area contributed by atoms with Gasteiger partial charge in [-0.25, -0.2) is 0 Å². The molecule has 0 saturated heterocycles. The lowest BCUT2D eigenvalue weighted by Gasteiger charge is -2.02. The van der Waals surface area contributed by atoms with Gasteiger partial charge in [-0.15, -0.1) is 12.6 Å². The van der Waals surface area contributed by atoms with E-state index in [1.165, 1.54) is 0 Å². The first-order valence-corrected chi connectivity index (χ1v) is 3.13. The van der Waals surface area contributed by atoms with Crippen LogP contribution in [-0.4, -0.2) is 5.21 Å². The number of hydrogen-bond acceptors (Lipinski definition) is 4. The fourth-order valence-corrected chi connectivity index (χ4v) is 0.799. The van der Waals surface area contributed by atoms with Crippen molar-refractivity contribution in [3.63, 3.8) is 0 Å². The van der Waals surface area contributed by atoms with Gasteiger partial charge in [-0.1, -0.05) is 12.1 Å². The summed E-state index contributed by atoms with van der Waals surface area (Å²) in [7, 11) is 0. The van der Waals surface area contributed by atoms with Crippen LogP contribution in [0.25, 0.3) is 0 Å². The first-order valence-electron chi connectivity index (χ1n) is 2.68. The molecule has 2 N–H and O–H groups in total. The second kappa shape index (κ2) is 3.46. The third-order valence-corrected chi connectivity index (χ3v) is 1.39. The zero-order valence-corrected chi connectivity index (χ0v) is 6.01. The molecular weight excluding hydrogens is 150 g/mol. The highest BCUT2D eigenvalue weighted by Crippen LogP contribution is 2.19. The molecule has 0 aromatic heterocycles. The molecule has 0 aliphatic heterocycles. The molecule has 10 heavy (non-hydrogen) atoms. The molecule has 54 valence electrons. The van der Waals surface area contributed by atoms with Gasteiger partial charge in [0.05, 0.1) is 0 Å². The van der Waals surface area contributed by atoms with Gasteiger partial charge in [-0.05, 0) is 17.8 Å². The van der Waals surface area contributed by atoms with Gasteiger partial charge in [-0.2, -0.15) is 0 Å². The predicted octanol–water partition coefficient (Wildman–Crippen LogP) is 1.25. The second-order valence-corrected chi connectivity index (χ2v) is 2.14. The normalized spacial score (nSPS) is 9.40. The fraction of sp³-hybridized carbons (Fsp3) is 0. The van der Waals surface area contributed by atoms with Crippen molar-refractivity contribution >= 4 is 12.6 Å². The molecule has 1 aromatic rings. The Bertz CT molecular complexity index is 217. The van der Waals surface area contributed by atoms with Crippen LogP contribution in [-0.2, 0) is 0 Å². The summed E-state index contributed by atoms with van der Waals surface area (Å²) in [5.41, 5.74) is 1.58. The number of thiol groups is 1. The standard InChI is InChI=1S/C6H7NO2S/c8-7-9-5-3-1-2-4-6(5)10/h1-4,7-8,10H. The maximum Gasteiger partial charge on any atom is 0.163 e. The molecule has 0 atom stereocenters. The molecule has 0 fully saturated rings. The smallest absolute Gasteiger partial charge is 0.163 e. The summed E-state index contributed by atoms with van der Waals surface area (Å²) in [5.74, 6) is 0.494. The zero-order valence-electron chi connectivity index (χ0n) is 5.11. The van der Waals surface area contributed by atoms with E-state index in [4.69, 9.17) is 5.21 Å². The molecule has 0 aliphatic carbocycles. The molecule has 4 heteroatoms. The summed E-state index contributed by atoms with van der Waals surface area (Å²) in [6, 6.07) is 7.06. The molecule has 0 heterocycles. The lowest BCUT2D eigenvalue weighted by Crippen LogP contribution is -2.12. The van der Waals surface area contributed by atoms with Crippen molar-refractivity contribution in [2.75, 3.05) is 0 Å². The number of para-hydroxylation sites is 1. The van der Waals surface area contributed by atoms with E-state index >= 15 is 0 Å². The van der Waals surface area contributed by atoms with Crippen molar-refractivity contribution in [1.82, 2.24) is 5.64 Å². The Labute approximate surface area is 64.0 Å². The van der Waals surface area contributed by atoms with E-state index in [0.717, 1.165) is 0 Å². The van der Waals surface area contributed by atoms with E-state index < -0.39 is 0 Å². The third kappa shape index (κ3) is 1.63. The minimum Gasteiger partial charge on any atom is -0.382 e. The lowest BCUT2D eigenvalue weighted by atomic mass is 10.3. The van der Waals surface area contributed by atoms with Crippen LogP contribution in [0, 0.1) is 0 Å². The zero-order chi connectivity index (χ0) is 7.40. The molecule has 0 saturated carbocycles. The first-order chi connectivity index (χ1) is 4.84. The Balaban J connectivity index is 2.81. The average molecular weight is 157 g/mol. The van der Waals surface area contributed by atoms with Gasteiger partial charge >= 0.3 is 0 Å². The molecule has 1 rings (SSSR count). The molecule has 0 radical (unpaired) electrons. The van der Waals surface area contributed by atoms with E-state index in [0.29, 0.717) is 10.6 Å². The Morgan fingerprint density at radius 1 is 1.40 bits per heavy atom. The van der Waals surface area contributed by atoms with E-state index in [-0.39, 0.29) is 0 Å². The number of nitrogens with one attached hydrogen (secondary N) is 1. The highest BCUT2D eigenvalue weighted by molar-refractivity contribution is 7.80. The van der Waals surface area contributed by atoms with Crippen LogP contribution in [0.2, 0.25) is 0 Å². The number of hydrogen-bond donors (Lipinski definition) is 3. The minimum atomic E-state index is 0.494. The van der Waals surface area contributed by atoms with Gasteiger partial charge in [-0.3, -0.25) is 5.21 Å². The van der Waals surface area contributed by atoms with Crippen LogP contribution < -0.4 is 10.5 Å². The topological polar surface area (TPSA) is 41.5 Å². The monoisotopic (exact) mass is 157 g/mol. The Kier molecular flexibility index (Phi) is 2.56. The van der Waals surface area contributed by atoms with E-state index in [9.17, 15) is 0 Å². The average Bonchev–Trinajstić information content (AvgIpc) is 1.94. The molecule has 1 aromatic carbocycles. The van der Waals surface area contributed by atoms with Crippen molar-refractivity contribution in [3.8, 4) is 5.75 Å². The minimum absolute atomic E-state index is 0.494. The summed E-state index contributed by atoms with van der Waals surface area (Å²) >= 11 is 4.06. The van der Waals surface area contributed by atoms with Crippen LogP contribution in [0.4, 0.5) is 0 Å². The van der Waals surface area contributed by atoms with Gasteiger partial charge < -0.3 is 4.84 Å². The van der Waals surface area contributed by atoms with Crippen LogP contribution in [0.15, 0.2) is 29.2 Å². The second-order valence-electron chi connectivity index (χ2n) is 1.66. The van der Waals surface area contributed by atoms with Gasteiger partial charge in [0.1, 0.15) is 0 Å². The van der Waals surface area contributed by atoms with E-state index in [1.54, 1.807) is 23.8 Å². The van der Waals surface area contributed by atoms with Gasteiger partial charge in [0, 0.05) is 4.90 Å². The van der Waals surface area contributed by atoms with Crippen molar-refractivity contribution in [2.24, 2.45) is 0 Å². The summed E-state index contributed by atoms with van der Waals surface area (Å²) in [5, 5.41) is 8.14. The summed E-state index contributed by atoms with van der Waals surface area (Å²) < 4.78 is 0. The third-order valence-electron chi connectivity index (χ3n) is 1.02. The fourth-order valence-electron chi connectivity index (χ4n) is 0.593. The molecule has 0 aliphatic rings. The Morgan fingerprint density at radius 2 is 2.10 bits per heavy atom. The molecular formula is C6H7NO2S. The predicted molar refractivity (Wildman–Crippen MR) is 39.2 cm³/mol. The van der Waals surface area contributed by atoms with Crippen molar-refractivity contribution < 1.29 is 10.0 Å². The van der Waals surface area contributed by atoms with Crippen molar-refractivity contribution in [2.45, 2.75) is 4.90 Å². The van der Waals surface area contributed by atoms with Gasteiger partial charge in [0.2, 0.25) is 0 Å². The summed E-state index contributed by atoms with van der Waals surface area (Å²) in [4.78, 5) is 5.24. The first kappa shape index (κ1) is 7.40. The van der Waals surface area contributed by atoms with Crippen LogP contribution in [0.1, 0.15) is 0 Å². The molecule has 0 unspecified atom stereocenters. The molecule has 0 amide bonds. The van der Waals surface area contributed by atoms with Gasteiger partial charge in [0.15, 0.2) is 5.75 Å².